The molecule has 16 atom stereocenters. The van der Waals surface area contributed by atoms with Crippen LogP contribution in [-0.4, -0.2) is 145 Å². The van der Waals surface area contributed by atoms with Gasteiger partial charge in [-0.1, -0.05) is 77.9 Å². The van der Waals surface area contributed by atoms with Gasteiger partial charge in [0.25, 0.3) is 11.7 Å². The van der Waals surface area contributed by atoms with Crippen LogP contribution in [-0.2, 0) is 52.4 Å². The molecule has 2 saturated heterocycles. The number of carbonyl (C=O) groups is 5. The van der Waals surface area contributed by atoms with E-state index in [0.717, 1.165) is 18.1 Å². The van der Waals surface area contributed by atoms with Gasteiger partial charge in [0, 0.05) is 65.3 Å². The number of ketones is 3. The molecule has 3 N–H and O–H groups in total. The summed E-state index contributed by atoms with van der Waals surface area (Å²) in [6, 6.07) is -1.37. The standard InChI is InChI=1S/C54H85NO14/c1-32-17-13-12-14-18-33(2)45(64-9)30-41-22-20-37(6)54(63,69-41)51(60)52(61)55-24-16-15-19-42(55)53(62)68-46(35(4)28-40-21-23-44(67-26-25-56)47(29-40)65-10)31-43(57)34(3)27-36(5)48(58)50(66-11)49(59)39(8)38(32)7/h12-14,17-18,27,32,34-35,37-42,44-48,50,56,58,63H,15-16,19-26,28-31H2,1-11H3/b14-12+,17-13+,33-18+,36-27+/t32-,34-,35-,37-,38?,39-,40+,41+,42+,44-,45+,46+,47-,48-,50-,54-/m1/s1/i3D3,9D3,32D,38D. The smallest absolute Gasteiger partial charge is 0.329 e. The molecule has 1 unspecified atom stereocenters. The average molecular weight is 980 g/mol. The minimum Gasteiger partial charge on any atom is -0.460 e. The number of nitrogens with zero attached hydrogens (tertiary/aromatic N) is 1. The van der Waals surface area contributed by atoms with Crippen LogP contribution in [0.3, 0.4) is 0 Å². The zero-order valence-corrected chi connectivity index (χ0v) is 42.1. The number of esters is 1. The molecule has 0 aromatic rings. The minimum atomic E-state index is -3.02. The summed E-state index contributed by atoms with van der Waals surface area (Å²) < 4.78 is 103. The summed E-state index contributed by atoms with van der Waals surface area (Å²) in [6.07, 6.45) is 3.53. The van der Waals surface area contributed by atoms with Crippen LogP contribution in [0.15, 0.2) is 47.6 Å². The molecule has 3 fully saturated rings. The van der Waals surface area contributed by atoms with Gasteiger partial charge >= 0.3 is 5.97 Å². The number of hydrogen-bond acceptors (Lipinski definition) is 14. The maximum atomic E-state index is 14.6. The van der Waals surface area contributed by atoms with E-state index in [1.54, 1.807) is 33.1 Å². The van der Waals surface area contributed by atoms with Gasteiger partial charge in [0.05, 0.1) is 41.7 Å². The Morgan fingerprint density at radius 1 is 0.928 bits per heavy atom. The van der Waals surface area contributed by atoms with Crippen molar-refractivity contribution in [2.45, 2.75) is 181 Å². The first-order chi connectivity index (χ1) is 35.7. The Balaban J connectivity index is 1.84. The normalized spacial score (nSPS) is 44.1. The lowest BCUT2D eigenvalue weighted by Gasteiger charge is -2.42. The fourth-order valence-electron chi connectivity index (χ4n) is 10.0. The third-order valence-corrected chi connectivity index (χ3v) is 14.9. The van der Waals surface area contributed by atoms with Crippen LogP contribution in [0.4, 0.5) is 0 Å². The van der Waals surface area contributed by atoms with Crippen LogP contribution in [0, 0.1) is 41.4 Å². The van der Waals surface area contributed by atoms with E-state index in [1.807, 2.05) is 0 Å². The fraction of sp³-hybridized carbons (Fsp3) is 0.759. The molecule has 4 rings (SSSR count). The van der Waals surface area contributed by atoms with Gasteiger partial charge in [-0.3, -0.25) is 19.2 Å². The summed E-state index contributed by atoms with van der Waals surface area (Å²) >= 11 is 0. The molecule has 1 saturated carbocycles. The number of aliphatic hydroxyl groups excluding tert-OH is 2. The zero-order chi connectivity index (χ0) is 58.0. The Morgan fingerprint density at radius 3 is 2.36 bits per heavy atom. The zero-order valence-electron chi connectivity index (χ0n) is 50.1. The Bertz CT molecular complexity index is 2160. The quantitative estimate of drug-likeness (QED) is 0.129. The molecule has 1 amide bonds. The first kappa shape index (κ1) is 46.6. The summed E-state index contributed by atoms with van der Waals surface area (Å²) in [4.78, 5) is 73.3. The lowest BCUT2D eigenvalue weighted by molar-refractivity contribution is -0.265. The molecule has 2 bridgehead atoms. The van der Waals surface area contributed by atoms with Gasteiger partial charge in [-0.2, -0.15) is 0 Å². The van der Waals surface area contributed by atoms with Crippen LogP contribution in [0.25, 0.3) is 0 Å². The minimum absolute atomic E-state index is 0.0395. The summed E-state index contributed by atoms with van der Waals surface area (Å²) in [5.74, 6) is -16.3. The molecule has 3 aliphatic heterocycles. The topological polar surface area (TPSA) is 205 Å². The number of amides is 1. The van der Waals surface area contributed by atoms with E-state index in [9.17, 15) is 42.0 Å². The summed E-state index contributed by atoms with van der Waals surface area (Å²) in [5.41, 5.74) is 0.285. The summed E-state index contributed by atoms with van der Waals surface area (Å²) in [5, 5.41) is 33.1. The summed E-state index contributed by atoms with van der Waals surface area (Å²) in [7, 11) is -0.189. The van der Waals surface area contributed by atoms with Crippen molar-refractivity contribution < 1.29 is 78.7 Å². The van der Waals surface area contributed by atoms with E-state index < -0.39 is 127 Å². The largest absolute Gasteiger partial charge is 0.460 e. The van der Waals surface area contributed by atoms with Crippen molar-refractivity contribution in [3.05, 3.63) is 47.6 Å². The van der Waals surface area contributed by atoms with Crippen molar-refractivity contribution in [3.8, 4) is 0 Å². The number of fused-ring (bicyclic) bond motifs is 3. The van der Waals surface area contributed by atoms with Gasteiger partial charge in [0.1, 0.15) is 30.1 Å². The van der Waals surface area contributed by atoms with E-state index in [1.165, 1.54) is 52.8 Å². The lowest BCUT2D eigenvalue weighted by Crippen LogP contribution is -2.61. The predicted octanol–water partition coefficient (Wildman–Crippen LogP) is 6.44. The number of carbonyl (C=O) groups excluding carboxylic acids is 5. The van der Waals surface area contributed by atoms with Crippen molar-refractivity contribution in [1.82, 2.24) is 4.90 Å². The molecule has 0 radical (unpaired) electrons. The molecule has 390 valence electrons. The van der Waals surface area contributed by atoms with Gasteiger partial charge in [0.15, 0.2) is 5.78 Å². The van der Waals surface area contributed by atoms with Gasteiger partial charge in [-0.25, -0.2) is 4.79 Å². The highest BCUT2D eigenvalue weighted by atomic mass is 16.6. The third kappa shape index (κ3) is 15.3. The van der Waals surface area contributed by atoms with Gasteiger partial charge < -0.3 is 48.6 Å². The predicted molar refractivity (Wildman–Crippen MR) is 261 cm³/mol. The number of methoxy groups -OCH3 is 3. The maximum absolute atomic E-state index is 14.6. The van der Waals surface area contributed by atoms with Crippen molar-refractivity contribution in [1.29, 1.82) is 0 Å². The maximum Gasteiger partial charge on any atom is 0.329 e. The second-order valence-corrected chi connectivity index (χ2v) is 19.7. The number of rotatable bonds is 9. The number of Topliss-reactive ketones (excluding diaryl/α,β-unsaturated/α-hetero) is 3. The highest BCUT2D eigenvalue weighted by Gasteiger charge is 2.53. The monoisotopic (exact) mass is 980 g/mol. The van der Waals surface area contributed by atoms with Crippen molar-refractivity contribution in [3.63, 3.8) is 0 Å². The number of aliphatic hydroxyl groups is 3. The molecule has 0 aromatic carbocycles. The van der Waals surface area contributed by atoms with Gasteiger partial charge in [0.2, 0.25) is 5.79 Å². The molecule has 4 aliphatic rings. The summed E-state index contributed by atoms with van der Waals surface area (Å²) in [6.45, 7) is 7.28. The Labute approximate surface area is 422 Å². The van der Waals surface area contributed by atoms with E-state index in [-0.39, 0.29) is 69.1 Å². The van der Waals surface area contributed by atoms with Gasteiger partial charge in [-0.15, -0.1) is 0 Å². The first-order valence-corrected chi connectivity index (χ1v) is 24.6. The van der Waals surface area contributed by atoms with Crippen LogP contribution in [0.2, 0.25) is 0 Å². The number of piperidine rings is 1. The van der Waals surface area contributed by atoms with Crippen LogP contribution < -0.4 is 0 Å². The van der Waals surface area contributed by atoms with E-state index in [4.69, 9.17) is 36.6 Å². The molecule has 69 heavy (non-hydrogen) atoms. The van der Waals surface area contributed by atoms with E-state index in [2.05, 4.69) is 0 Å². The van der Waals surface area contributed by atoms with Gasteiger partial charge in [-0.05, 0) is 106 Å². The van der Waals surface area contributed by atoms with Crippen LogP contribution >= 0.6 is 0 Å². The number of hydrogen-bond donors (Lipinski definition) is 3. The third-order valence-electron chi connectivity index (χ3n) is 14.9. The lowest BCUT2D eigenvalue weighted by atomic mass is 9.78. The van der Waals surface area contributed by atoms with Crippen LogP contribution in [0.1, 0.15) is 137 Å². The number of ether oxygens (including phenoxy) is 6. The first-order valence-electron chi connectivity index (χ1n) is 28.6. The highest BCUT2D eigenvalue weighted by molar-refractivity contribution is 6.39. The van der Waals surface area contributed by atoms with E-state index >= 15 is 0 Å². The molecule has 15 nitrogen and oxygen atoms in total. The Morgan fingerprint density at radius 2 is 1.68 bits per heavy atom. The second-order valence-electron chi connectivity index (χ2n) is 19.7. The Kier molecular flexibility index (Phi) is 18.5. The number of allylic oxidation sites excluding steroid dienone is 6. The molecule has 0 aromatic heterocycles. The highest BCUT2D eigenvalue weighted by Crippen LogP contribution is 2.38. The average Bonchev–Trinajstić information content (AvgIpc) is 3.35. The Hall–Kier alpha value is -3.41. The van der Waals surface area contributed by atoms with Crippen LogP contribution in [0.5, 0.6) is 0 Å². The molecule has 3 heterocycles. The van der Waals surface area contributed by atoms with E-state index in [0.29, 0.717) is 44.1 Å². The fourth-order valence-corrected chi connectivity index (χ4v) is 10.0. The molecule has 15 heteroatoms. The SMILES string of the molecule is [2H]C([2H])([2H])O[C@H]1C[C@@H]2CC[C@@H](C)[C@@](O)(O2)C(=O)C(=O)N2CCCC[C@H]2C(=O)O[C@H]([C@H](C)C[C@@H]2CC[C@@H](OCCO)[C@H](OC)C2)CC(=O)[C@H](C([2H])([2H])[2H])/C=C(\C)[C@@H](O)[C@@H](OC)C(=O)[C@H](C)C([2H])(C)[C@]([2H])(C)/C=C/C=C/C=C/1C. The second kappa shape index (κ2) is 27.4. The molecule has 0 spiro atoms. The molecular weight excluding hydrogens is 887 g/mol. The molecule has 1 aliphatic carbocycles. The van der Waals surface area contributed by atoms with Crippen molar-refractivity contribution >= 4 is 29.2 Å². The van der Waals surface area contributed by atoms with Crippen molar-refractivity contribution in [2.75, 3.05) is 41.0 Å². The number of cyclic esters (lactones) is 1. The molecular formula is C54H85NO14. The van der Waals surface area contributed by atoms with Crippen molar-refractivity contribution in [2.24, 2.45) is 41.4 Å².